The lowest BCUT2D eigenvalue weighted by Crippen LogP contribution is -2.27. The first-order valence-corrected chi connectivity index (χ1v) is 12.4. The van der Waals surface area contributed by atoms with Crippen LogP contribution in [0.5, 0.6) is 0 Å². The van der Waals surface area contributed by atoms with Crippen LogP contribution >= 0.6 is 0 Å². The Morgan fingerprint density at radius 2 is 1.97 bits per heavy atom. The number of rotatable bonds is 6. The summed E-state index contributed by atoms with van der Waals surface area (Å²) in [6.07, 6.45) is -0.517. The molecule has 0 atom stereocenters. The minimum absolute atomic E-state index is 0.0110. The molecule has 4 heterocycles. The van der Waals surface area contributed by atoms with Crippen LogP contribution in [-0.4, -0.2) is 55.8 Å². The quantitative estimate of drug-likeness (QED) is 0.425. The molecule has 14 heteroatoms. The highest BCUT2D eigenvalue weighted by atomic mass is 32.2. The molecular formula is C21H20F3N7O3S. The largest absolute Gasteiger partial charge is 0.417 e. The topological polar surface area (TPSA) is 124 Å². The first-order valence-electron chi connectivity index (χ1n) is 10.8. The molecule has 0 aromatic carbocycles. The molecule has 35 heavy (non-hydrogen) atoms. The van der Waals surface area contributed by atoms with Gasteiger partial charge in [-0.1, -0.05) is 6.92 Å². The first-order chi connectivity index (χ1) is 16.5. The molecule has 1 N–H and O–H groups in total. The summed E-state index contributed by atoms with van der Waals surface area (Å²) in [6.45, 7) is 1.93. The molecule has 0 spiro atoms. The predicted molar refractivity (Wildman–Crippen MR) is 118 cm³/mol. The maximum Gasteiger partial charge on any atom is 0.417 e. The van der Waals surface area contributed by atoms with Crippen molar-refractivity contribution in [1.29, 1.82) is 0 Å². The summed E-state index contributed by atoms with van der Waals surface area (Å²) >= 11 is 0. The highest BCUT2D eigenvalue weighted by molar-refractivity contribution is 7.91. The molecule has 184 valence electrons. The fourth-order valence-electron chi connectivity index (χ4n) is 3.75. The van der Waals surface area contributed by atoms with Gasteiger partial charge in [0.25, 0.3) is 5.91 Å². The molecular weight excluding hydrogens is 487 g/mol. The Labute approximate surface area is 197 Å². The lowest BCUT2D eigenvalue weighted by molar-refractivity contribution is -0.137. The third kappa shape index (κ3) is 4.00. The monoisotopic (exact) mass is 507 g/mol. The van der Waals surface area contributed by atoms with Crippen LogP contribution < -0.4 is 5.32 Å². The minimum atomic E-state index is -4.62. The number of nitrogens with one attached hydrogen (secondary N) is 1. The highest BCUT2D eigenvalue weighted by Crippen LogP contribution is 2.35. The van der Waals surface area contributed by atoms with E-state index in [1.165, 1.54) is 30.8 Å². The van der Waals surface area contributed by atoms with Crippen molar-refractivity contribution in [2.24, 2.45) is 13.0 Å². The van der Waals surface area contributed by atoms with E-state index in [-0.39, 0.29) is 44.7 Å². The Morgan fingerprint density at radius 1 is 1.23 bits per heavy atom. The lowest BCUT2D eigenvalue weighted by atomic mass is 10.2. The number of amides is 1. The van der Waals surface area contributed by atoms with Crippen LogP contribution in [0.1, 0.15) is 35.8 Å². The first kappa shape index (κ1) is 23.2. The van der Waals surface area contributed by atoms with Crippen LogP contribution in [0.2, 0.25) is 0 Å². The molecule has 4 aromatic heterocycles. The maximum absolute atomic E-state index is 13.2. The number of carbonyl (C=O) groups excluding carboxylic acids is 1. The average Bonchev–Trinajstić information content (AvgIpc) is 3.48. The summed E-state index contributed by atoms with van der Waals surface area (Å²) in [5.74, 6) is -0.306. The summed E-state index contributed by atoms with van der Waals surface area (Å²) in [7, 11) is -2.44. The molecule has 10 nitrogen and oxygen atoms in total. The number of carbonyl (C=O) groups is 1. The fraction of sp³-hybridized carbons (Fsp3) is 0.381. The van der Waals surface area contributed by atoms with Crippen molar-refractivity contribution in [1.82, 2.24) is 34.4 Å². The van der Waals surface area contributed by atoms with Gasteiger partial charge in [0, 0.05) is 26.0 Å². The fourth-order valence-corrected chi connectivity index (χ4v) is 4.73. The minimum Gasteiger partial charge on any atom is -0.350 e. The molecule has 5 rings (SSSR count). The van der Waals surface area contributed by atoms with E-state index in [1.54, 1.807) is 0 Å². The number of hydrogen-bond acceptors (Lipinski definition) is 7. The van der Waals surface area contributed by atoms with Gasteiger partial charge in [0.15, 0.2) is 26.2 Å². The number of pyridine rings is 1. The van der Waals surface area contributed by atoms with Crippen molar-refractivity contribution in [2.45, 2.75) is 31.0 Å². The number of hydrogen-bond donors (Lipinski definition) is 1. The number of nitrogens with zero attached hydrogens (tertiary/aromatic N) is 6. The zero-order valence-electron chi connectivity index (χ0n) is 18.7. The van der Waals surface area contributed by atoms with Crippen molar-refractivity contribution >= 4 is 32.6 Å². The number of fused-ring (bicyclic) bond motifs is 2. The number of alkyl halides is 3. The molecule has 0 bridgehead atoms. The number of aryl methyl sites for hydroxylation is 1. The van der Waals surface area contributed by atoms with E-state index in [0.29, 0.717) is 18.7 Å². The molecule has 0 saturated heterocycles. The number of halogens is 3. The Bertz CT molecular complexity index is 1590. The molecule has 0 aliphatic heterocycles. The Hall–Kier alpha value is -3.55. The van der Waals surface area contributed by atoms with E-state index in [4.69, 9.17) is 0 Å². The van der Waals surface area contributed by atoms with Gasteiger partial charge < -0.3 is 9.88 Å². The lowest BCUT2D eigenvalue weighted by Gasteiger charge is -2.06. The molecule has 0 radical (unpaired) electrons. The van der Waals surface area contributed by atoms with Gasteiger partial charge in [-0.05, 0) is 30.9 Å². The molecule has 4 aromatic rings. The van der Waals surface area contributed by atoms with Crippen molar-refractivity contribution in [3.63, 3.8) is 0 Å². The molecule has 1 saturated carbocycles. The van der Waals surface area contributed by atoms with Gasteiger partial charge in [-0.15, -0.1) is 0 Å². The van der Waals surface area contributed by atoms with E-state index in [9.17, 15) is 26.4 Å². The number of aromatic nitrogens is 6. The Morgan fingerprint density at radius 3 is 2.63 bits per heavy atom. The van der Waals surface area contributed by atoms with Crippen LogP contribution in [0, 0.1) is 5.92 Å². The van der Waals surface area contributed by atoms with Crippen molar-refractivity contribution in [2.75, 3.05) is 12.3 Å². The van der Waals surface area contributed by atoms with E-state index in [0.717, 1.165) is 23.4 Å². The highest BCUT2D eigenvalue weighted by Gasteiger charge is 2.34. The van der Waals surface area contributed by atoms with Gasteiger partial charge >= 0.3 is 6.18 Å². The molecule has 1 aliphatic rings. The van der Waals surface area contributed by atoms with E-state index in [1.807, 2.05) is 0 Å². The van der Waals surface area contributed by atoms with Crippen LogP contribution in [0.15, 0.2) is 29.6 Å². The summed E-state index contributed by atoms with van der Waals surface area (Å²) in [5.41, 5.74) is -0.849. The molecule has 1 amide bonds. The van der Waals surface area contributed by atoms with E-state index in [2.05, 4.69) is 25.4 Å². The maximum atomic E-state index is 13.2. The molecule has 0 unspecified atom stereocenters. The van der Waals surface area contributed by atoms with Crippen molar-refractivity contribution < 1.29 is 26.4 Å². The smallest absolute Gasteiger partial charge is 0.350 e. The van der Waals surface area contributed by atoms with Gasteiger partial charge in [0.05, 0.1) is 11.3 Å². The summed E-state index contributed by atoms with van der Waals surface area (Å²) in [6, 6.07) is 2.26. The van der Waals surface area contributed by atoms with Gasteiger partial charge in [-0.25, -0.2) is 27.9 Å². The van der Waals surface area contributed by atoms with Crippen LogP contribution in [0.4, 0.5) is 13.2 Å². The van der Waals surface area contributed by atoms with Gasteiger partial charge in [0.2, 0.25) is 0 Å². The molecule has 1 fully saturated rings. The standard InChI is InChI=1S/C21H20F3N7O3S/c1-3-35(33,34)20-15(18-28-13-8-12(21(22,23)24)10-26-16(13)30(18)2)17-25-7-6-14(31(17)29-20)19(32)27-9-11-4-5-11/h6-8,10-11H,3-5,9H2,1-2H3,(H,27,32). The molecule has 1 aliphatic carbocycles. The van der Waals surface area contributed by atoms with Crippen molar-refractivity contribution in [3.05, 3.63) is 35.8 Å². The van der Waals surface area contributed by atoms with E-state index >= 15 is 0 Å². The van der Waals surface area contributed by atoms with Gasteiger partial charge in [-0.3, -0.25) is 4.79 Å². The SMILES string of the molecule is CCS(=O)(=O)c1nn2c(C(=O)NCC3CC3)ccnc2c1-c1nc2cc(C(F)(F)F)cnc2n1C. The van der Waals surface area contributed by atoms with Gasteiger partial charge in [0.1, 0.15) is 22.6 Å². The average molecular weight is 507 g/mol. The second-order valence-electron chi connectivity index (χ2n) is 8.36. The predicted octanol–water partition coefficient (Wildman–Crippen LogP) is 2.63. The second-order valence-corrected chi connectivity index (χ2v) is 10.6. The summed E-state index contributed by atoms with van der Waals surface area (Å²) < 4.78 is 68.0. The Balaban J connectivity index is 1.74. The van der Waals surface area contributed by atoms with Crippen molar-refractivity contribution in [3.8, 4) is 11.4 Å². The summed E-state index contributed by atoms with van der Waals surface area (Å²) in [5, 5.41) is 6.66. The third-order valence-corrected chi connectivity index (χ3v) is 7.54. The van der Waals surface area contributed by atoms with Gasteiger partial charge in [-0.2, -0.15) is 18.3 Å². The zero-order chi connectivity index (χ0) is 25.1. The number of imidazole rings is 1. The number of sulfone groups is 1. The third-order valence-electron chi connectivity index (χ3n) is 5.90. The summed E-state index contributed by atoms with van der Waals surface area (Å²) in [4.78, 5) is 25.2. The van der Waals surface area contributed by atoms with Crippen LogP contribution in [-0.2, 0) is 23.1 Å². The zero-order valence-corrected chi connectivity index (χ0v) is 19.5. The van der Waals surface area contributed by atoms with Crippen LogP contribution in [0.25, 0.3) is 28.2 Å². The normalized spacial score (nSPS) is 14.7. The van der Waals surface area contributed by atoms with E-state index < -0.39 is 27.5 Å². The van der Waals surface area contributed by atoms with Crippen LogP contribution in [0.3, 0.4) is 0 Å². The Kier molecular flexibility index (Phi) is 5.30. The second kappa shape index (κ2) is 8.00.